The maximum atomic E-state index is 12.2. The number of anilines is 1. The number of nitrogens with one attached hydrogen (secondary N) is 1. The zero-order valence-electron chi connectivity index (χ0n) is 16.9. The first-order chi connectivity index (χ1) is 14.0. The van der Waals surface area contributed by atoms with E-state index < -0.39 is 0 Å². The number of thioether (sulfide) groups is 1. The Hall–Kier alpha value is -1.77. The number of carbonyl (C=O) groups excluding carboxylic acids is 1. The van der Waals surface area contributed by atoms with Crippen molar-refractivity contribution >= 4 is 35.2 Å². The molecule has 1 aromatic carbocycles. The maximum absolute atomic E-state index is 12.2. The number of hydrogen-bond acceptors (Lipinski definition) is 6. The Morgan fingerprint density at radius 2 is 2.03 bits per heavy atom. The highest BCUT2D eigenvalue weighted by atomic mass is 35.5. The number of halogens is 1. The molecule has 9 heteroatoms. The summed E-state index contributed by atoms with van der Waals surface area (Å²) in [6, 6.07) is 7.53. The lowest BCUT2D eigenvalue weighted by Gasteiger charge is -2.28. The van der Waals surface area contributed by atoms with Crippen LogP contribution in [0.4, 0.5) is 5.95 Å². The van der Waals surface area contributed by atoms with E-state index >= 15 is 0 Å². The van der Waals surface area contributed by atoms with Gasteiger partial charge in [0.05, 0.1) is 13.2 Å². The van der Waals surface area contributed by atoms with E-state index in [-0.39, 0.29) is 5.91 Å². The summed E-state index contributed by atoms with van der Waals surface area (Å²) in [6.45, 7) is 8.72. The third-order valence-corrected chi connectivity index (χ3v) is 5.87. The molecule has 1 aliphatic heterocycles. The van der Waals surface area contributed by atoms with Crippen LogP contribution in [0.2, 0.25) is 5.02 Å². The van der Waals surface area contributed by atoms with Crippen molar-refractivity contribution < 1.29 is 9.53 Å². The highest BCUT2D eigenvalue weighted by Gasteiger charge is 2.21. The highest BCUT2D eigenvalue weighted by molar-refractivity contribution is 7.99. The van der Waals surface area contributed by atoms with E-state index in [4.69, 9.17) is 16.3 Å². The second-order valence-electron chi connectivity index (χ2n) is 7.35. The highest BCUT2D eigenvalue weighted by Crippen LogP contribution is 2.24. The van der Waals surface area contributed by atoms with Crippen LogP contribution in [0.15, 0.2) is 29.4 Å². The van der Waals surface area contributed by atoms with Gasteiger partial charge in [-0.2, -0.15) is 0 Å². The fraction of sp³-hybridized carbons (Fsp3) is 0.550. The first-order valence-electron chi connectivity index (χ1n) is 9.93. The molecule has 1 saturated heterocycles. The van der Waals surface area contributed by atoms with Crippen LogP contribution in [0.25, 0.3) is 0 Å². The molecular formula is C20H28ClN5O2S. The van der Waals surface area contributed by atoms with Gasteiger partial charge in [-0.15, -0.1) is 10.2 Å². The molecule has 7 nitrogen and oxygen atoms in total. The molecule has 0 radical (unpaired) electrons. The molecule has 1 aromatic heterocycles. The lowest BCUT2D eigenvalue weighted by atomic mass is 10.2. The smallest absolute Gasteiger partial charge is 0.228 e. The number of benzene rings is 1. The molecule has 0 spiro atoms. The Morgan fingerprint density at radius 3 is 2.76 bits per heavy atom. The summed E-state index contributed by atoms with van der Waals surface area (Å²) in [4.78, 5) is 14.4. The van der Waals surface area contributed by atoms with Gasteiger partial charge < -0.3 is 15.0 Å². The molecular weight excluding hydrogens is 410 g/mol. The topological polar surface area (TPSA) is 72.3 Å². The standard InChI is InChI=1S/C20H28ClN5O2S/c1-15(2)14-26-19(25-8-10-28-11-9-25)23-24-20(26)29-12-7-18(27)22-13-16-5-3-4-6-17(16)21/h3-6,15H,7-14H2,1-2H3,(H,22,27). The van der Waals surface area contributed by atoms with Crippen molar-refractivity contribution in [3.63, 3.8) is 0 Å². The molecule has 2 heterocycles. The normalized spacial score (nSPS) is 14.4. The van der Waals surface area contributed by atoms with Crippen molar-refractivity contribution in [2.75, 3.05) is 37.0 Å². The van der Waals surface area contributed by atoms with E-state index in [1.807, 2.05) is 24.3 Å². The van der Waals surface area contributed by atoms with Crippen LogP contribution in [0.3, 0.4) is 0 Å². The Balaban J connectivity index is 1.53. The first-order valence-corrected chi connectivity index (χ1v) is 11.3. The minimum absolute atomic E-state index is 0.000692. The van der Waals surface area contributed by atoms with Crippen molar-refractivity contribution in [1.29, 1.82) is 0 Å². The summed E-state index contributed by atoms with van der Waals surface area (Å²) >= 11 is 7.70. The van der Waals surface area contributed by atoms with Gasteiger partial charge >= 0.3 is 0 Å². The molecule has 0 saturated carbocycles. The van der Waals surface area contributed by atoms with Gasteiger partial charge in [-0.1, -0.05) is 55.4 Å². The van der Waals surface area contributed by atoms with Crippen molar-refractivity contribution in [3.05, 3.63) is 34.9 Å². The summed E-state index contributed by atoms with van der Waals surface area (Å²) in [5.41, 5.74) is 0.919. The summed E-state index contributed by atoms with van der Waals surface area (Å²) in [5, 5.41) is 13.3. The molecule has 1 amide bonds. The molecule has 2 aromatic rings. The lowest BCUT2D eigenvalue weighted by Crippen LogP contribution is -2.38. The fourth-order valence-electron chi connectivity index (χ4n) is 3.07. The largest absolute Gasteiger partial charge is 0.378 e. The van der Waals surface area contributed by atoms with E-state index in [1.54, 1.807) is 11.8 Å². The summed E-state index contributed by atoms with van der Waals surface area (Å²) in [5.74, 6) is 2.02. The van der Waals surface area contributed by atoms with E-state index in [0.717, 1.165) is 36.3 Å². The van der Waals surface area contributed by atoms with E-state index in [0.29, 0.717) is 42.9 Å². The molecule has 1 aliphatic rings. The first kappa shape index (κ1) is 21.9. The van der Waals surface area contributed by atoms with Gasteiger partial charge in [0.15, 0.2) is 5.16 Å². The molecule has 0 bridgehead atoms. The van der Waals surface area contributed by atoms with Crippen LogP contribution in [-0.2, 0) is 22.6 Å². The van der Waals surface area contributed by atoms with Gasteiger partial charge in [0.25, 0.3) is 0 Å². The fourth-order valence-corrected chi connectivity index (χ4v) is 4.15. The Bertz CT molecular complexity index is 808. The van der Waals surface area contributed by atoms with Crippen LogP contribution in [0, 0.1) is 5.92 Å². The monoisotopic (exact) mass is 437 g/mol. The molecule has 3 rings (SSSR count). The Labute approximate surface area is 181 Å². The number of rotatable bonds is 9. The van der Waals surface area contributed by atoms with Crippen molar-refractivity contribution in [3.8, 4) is 0 Å². The van der Waals surface area contributed by atoms with Crippen LogP contribution >= 0.6 is 23.4 Å². The number of aromatic nitrogens is 3. The predicted molar refractivity (Wildman–Crippen MR) is 117 cm³/mol. The lowest BCUT2D eigenvalue weighted by molar-refractivity contribution is -0.120. The number of carbonyl (C=O) groups is 1. The van der Waals surface area contributed by atoms with Gasteiger partial charge in [-0.3, -0.25) is 9.36 Å². The third-order valence-electron chi connectivity index (χ3n) is 4.53. The number of amides is 1. The second kappa shape index (κ2) is 10.8. The minimum Gasteiger partial charge on any atom is -0.378 e. The average molecular weight is 438 g/mol. The van der Waals surface area contributed by atoms with Crippen LogP contribution in [0.5, 0.6) is 0 Å². The molecule has 1 fully saturated rings. The summed E-state index contributed by atoms with van der Waals surface area (Å²) in [6.07, 6.45) is 0.413. The van der Waals surface area contributed by atoms with E-state index in [1.165, 1.54) is 0 Å². The number of nitrogens with zero attached hydrogens (tertiary/aromatic N) is 4. The van der Waals surface area contributed by atoms with Gasteiger partial charge in [0.2, 0.25) is 11.9 Å². The van der Waals surface area contributed by atoms with Crippen molar-refractivity contribution in [1.82, 2.24) is 20.1 Å². The summed E-state index contributed by atoms with van der Waals surface area (Å²) < 4.78 is 7.61. The van der Waals surface area contributed by atoms with Gasteiger partial charge in [-0.25, -0.2) is 0 Å². The zero-order chi connectivity index (χ0) is 20.6. The average Bonchev–Trinajstić information content (AvgIpc) is 3.10. The SMILES string of the molecule is CC(C)Cn1c(SCCC(=O)NCc2ccccc2Cl)nnc1N1CCOCC1. The predicted octanol–water partition coefficient (Wildman–Crippen LogP) is 3.22. The number of hydrogen-bond donors (Lipinski definition) is 1. The molecule has 29 heavy (non-hydrogen) atoms. The quantitative estimate of drug-likeness (QED) is 0.607. The minimum atomic E-state index is 0.000692. The van der Waals surface area contributed by atoms with Gasteiger partial charge in [-0.05, 0) is 17.5 Å². The second-order valence-corrected chi connectivity index (χ2v) is 8.82. The van der Waals surface area contributed by atoms with Crippen LogP contribution in [-0.4, -0.2) is 52.7 Å². The van der Waals surface area contributed by atoms with Crippen molar-refractivity contribution in [2.24, 2.45) is 5.92 Å². The molecule has 0 unspecified atom stereocenters. The zero-order valence-corrected chi connectivity index (χ0v) is 18.5. The number of morpholine rings is 1. The van der Waals surface area contributed by atoms with E-state index in [2.05, 4.69) is 38.8 Å². The Morgan fingerprint density at radius 1 is 1.28 bits per heavy atom. The van der Waals surface area contributed by atoms with Crippen LogP contribution < -0.4 is 10.2 Å². The molecule has 158 valence electrons. The molecule has 0 atom stereocenters. The van der Waals surface area contributed by atoms with Crippen molar-refractivity contribution in [2.45, 2.75) is 38.5 Å². The molecule has 0 aliphatic carbocycles. The Kier molecular flexibility index (Phi) is 8.20. The van der Waals surface area contributed by atoms with Crippen LogP contribution in [0.1, 0.15) is 25.8 Å². The number of ether oxygens (including phenoxy) is 1. The van der Waals surface area contributed by atoms with Gasteiger partial charge in [0, 0.05) is 43.4 Å². The maximum Gasteiger partial charge on any atom is 0.228 e. The molecule has 1 N–H and O–H groups in total. The third kappa shape index (κ3) is 6.35. The van der Waals surface area contributed by atoms with E-state index in [9.17, 15) is 4.79 Å². The van der Waals surface area contributed by atoms with Gasteiger partial charge in [0.1, 0.15) is 0 Å². The summed E-state index contributed by atoms with van der Waals surface area (Å²) in [7, 11) is 0.